The molecule has 1 aliphatic rings. The molecule has 2 N–H and O–H groups in total. The number of carboxylic acids is 1. The van der Waals surface area contributed by atoms with Crippen LogP contribution in [0, 0.1) is 17.8 Å². The minimum Gasteiger partial charge on any atom is -0.481 e. The number of amides is 1. The number of hydrogen-bond donors (Lipinski definition) is 2. The third-order valence-electron chi connectivity index (χ3n) is 3.29. The highest BCUT2D eigenvalue weighted by Gasteiger charge is 2.41. The van der Waals surface area contributed by atoms with E-state index in [0.29, 0.717) is 12.8 Å². The van der Waals surface area contributed by atoms with Gasteiger partial charge in [0.2, 0.25) is 5.91 Å². The molecule has 0 aromatic rings. The molecule has 6 heteroatoms. The van der Waals surface area contributed by atoms with E-state index in [1.807, 2.05) is 0 Å². The van der Waals surface area contributed by atoms with Gasteiger partial charge in [-0.15, -0.1) is 0 Å². The van der Waals surface area contributed by atoms with Crippen molar-refractivity contribution in [3.05, 3.63) is 0 Å². The monoisotopic (exact) mass is 243 g/mol. The summed E-state index contributed by atoms with van der Waals surface area (Å²) in [7, 11) is 2.76. The van der Waals surface area contributed by atoms with Crippen LogP contribution in [0.5, 0.6) is 0 Å². The summed E-state index contributed by atoms with van der Waals surface area (Å²) in [6.07, 6.45) is 1.06. The molecule has 1 fully saturated rings. The van der Waals surface area contributed by atoms with E-state index >= 15 is 0 Å². The molecule has 3 unspecified atom stereocenters. The molecule has 3 atom stereocenters. The van der Waals surface area contributed by atoms with Crippen molar-refractivity contribution in [2.45, 2.75) is 19.3 Å². The van der Waals surface area contributed by atoms with Crippen molar-refractivity contribution in [1.29, 1.82) is 0 Å². The van der Waals surface area contributed by atoms with E-state index in [4.69, 9.17) is 5.11 Å². The van der Waals surface area contributed by atoms with Crippen molar-refractivity contribution in [3.8, 4) is 0 Å². The molecule has 0 aliphatic heterocycles. The van der Waals surface area contributed by atoms with Gasteiger partial charge in [-0.25, -0.2) is 0 Å². The highest BCUT2D eigenvalue weighted by atomic mass is 16.5. The Morgan fingerprint density at radius 2 is 1.88 bits per heavy atom. The molecule has 6 nitrogen and oxygen atoms in total. The number of esters is 1. The second-order valence-corrected chi connectivity index (χ2v) is 4.20. The summed E-state index contributed by atoms with van der Waals surface area (Å²) >= 11 is 0. The van der Waals surface area contributed by atoms with Crippen LogP contribution in [0.25, 0.3) is 0 Å². The summed E-state index contributed by atoms with van der Waals surface area (Å²) in [6.45, 7) is 0. The minimum absolute atomic E-state index is 0.167. The first-order valence-corrected chi connectivity index (χ1v) is 5.53. The van der Waals surface area contributed by atoms with Gasteiger partial charge >= 0.3 is 11.9 Å². The predicted octanol–water partition coefficient (Wildman–Crippen LogP) is 0.0225. The van der Waals surface area contributed by atoms with E-state index in [1.165, 1.54) is 14.2 Å². The van der Waals surface area contributed by atoms with E-state index in [9.17, 15) is 14.4 Å². The molecule has 0 aromatic carbocycles. The van der Waals surface area contributed by atoms with Crippen LogP contribution >= 0.6 is 0 Å². The van der Waals surface area contributed by atoms with Crippen molar-refractivity contribution in [2.75, 3.05) is 14.2 Å². The Kier molecular flexibility index (Phi) is 4.48. The summed E-state index contributed by atoms with van der Waals surface area (Å²) in [5.41, 5.74) is 0. The van der Waals surface area contributed by atoms with Gasteiger partial charge in [0.05, 0.1) is 24.9 Å². The first kappa shape index (κ1) is 13.5. The van der Waals surface area contributed by atoms with Gasteiger partial charge in [-0.3, -0.25) is 14.4 Å². The smallest absolute Gasteiger partial charge is 0.308 e. The predicted molar refractivity (Wildman–Crippen MR) is 58.0 cm³/mol. The van der Waals surface area contributed by atoms with E-state index in [0.717, 1.165) is 0 Å². The maximum absolute atomic E-state index is 11.5. The van der Waals surface area contributed by atoms with Crippen LogP contribution < -0.4 is 5.32 Å². The lowest BCUT2D eigenvalue weighted by atomic mass is 9.73. The van der Waals surface area contributed by atoms with Gasteiger partial charge in [0.25, 0.3) is 0 Å². The molecule has 1 saturated carbocycles. The Morgan fingerprint density at radius 3 is 2.35 bits per heavy atom. The Hall–Kier alpha value is -1.59. The van der Waals surface area contributed by atoms with Gasteiger partial charge in [-0.05, 0) is 19.3 Å². The maximum Gasteiger partial charge on any atom is 0.308 e. The van der Waals surface area contributed by atoms with E-state index in [2.05, 4.69) is 10.1 Å². The van der Waals surface area contributed by atoms with Crippen LogP contribution in [0.2, 0.25) is 0 Å². The third kappa shape index (κ3) is 2.95. The van der Waals surface area contributed by atoms with E-state index in [1.54, 1.807) is 0 Å². The Morgan fingerprint density at radius 1 is 1.24 bits per heavy atom. The molecular weight excluding hydrogens is 226 g/mol. The zero-order valence-electron chi connectivity index (χ0n) is 9.93. The fraction of sp³-hybridized carbons (Fsp3) is 0.727. The topological polar surface area (TPSA) is 92.7 Å². The first-order chi connectivity index (χ1) is 8.01. The maximum atomic E-state index is 11.5. The fourth-order valence-corrected chi connectivity index (χ4v) is 2.32. The number of hydrogen-bond acceptors (Lipinski definition) is 4. The largest absolute Gasteiger partial charge is 0.481 e. The highest BCUT2D eigenvalue weighted by molar-refractivity contribution is 5.85. The summed E-state index contributed by atoms with van der Waals surface area (Å²) in [6, 6.07) is 0. The lowest BCUT2D eigenvalue weighted by molar-refractivity contribution is -0.155. The van der Waals surface area contributed by atoms with Crippen molar-refractivity contribution >= 4 is 17.8 Å². The minimum atomic E-state index is -1.03. The second-order valence-electron chi connectivity index (χ2n) is 4.20. The lowest BCUT2D eigenvalue weighted by Crippen LogP contribution is -2.41. The Labute approximate surface area is 99.3 Å². The van der Waals surface area contributed by atoms with Gasteiger partial charge in [0.1, 0.15) is 0 Å². The summed E-state index contributed by atoms with van der Waals surface area (Å²) in [4.78, 5) is 34.0. The molecule has 1 aliphatic carbocycles. The number of nitrogens with one attached hydrogen (secondary N) is 1. The molecule has 0 bridgehead atoms. The Bertz CT molecular complexity index is 328. The number of carbonyl (C=O) groups excluding carboxylic acids is 2. The van der Waals surface area contributed by atoms with Crippen LogP contribution in [0.4, 0.5) is 0 Å². The van der Waals surface area contributed by atoms with Crippen LogP contribution in [-0.2, 0) is 19.1 Å². The number of methoxy groups -OCH3 is 1. The average Bonchev–Trinajstić information content (AvgIpc) is 2.35. The van der Waals surface area contributed by atoms with Crippen LogP contribution in [0.3, 0.4) is 0 Å². The van der Waals surface area contributed by atoms with Crippen LogP contribution in [-0.4, -0.2) is 37.1 Å². The molecule has 1 rings (SSSR count). The van der Waals surface area contributed by atoms with Gasteiger partial charge < -0.3 is 15.2 Å². The summed E-state index contributed by atoms with van der Waals surface area (Å²) < 4.78 is 4.61. The average molecular weight is 243 g/mol. The summed E-state index contributed by atoms with van der Waals surface area (Å²) in [5, 5.41) is 11.6. The summed E-state index contributed by atoms with van der Waals surface area (Å²) in [5.74, 6) is -3.49. The second kappa shape index (κ2) is 5.65. The SMILES string of the molecule is CNC(=O)C1CCC(C(=O)OC)CC1C(=O)O. The lowest BCUT2D eigenvalue weighted by Gasteiger charge is -2.31. The Balaban J connectivity index is 2.78. The van der Waals surface area contributed by atoms with Crippen molar-refractivity contribution in [1.82, 2.24) is 5.32 Å². The molecule has 0 saturated heterocycles. The molecule has 0 heterocycles. The molecular formula is C11H17NO5. The molecule has 1 amide bonds. The van der Waals surface area contributed by atoms with Crippen LogP contribution in [0.1, 0.15) is 19.3 Å². The zero-order valence-corrected chi connectivity index (χ0v) is 9.93. The molecule has 0 spiro atoms. The quantitative estimate of drug-likeness (QED) is 0.682. The number of rotatable bonds is 3. The van der Waals surface area contributed by atoms with Gasteiger partial charge in [0.15, 0.2) is 0 Å². The molecule has 17 heavy (non-hydrogen) atoms. The van der Waals surface area contributed by atoms with Gasteiger partial charge in [-0.2, -0.15) is 0 Å². The zero-order chi connectivity index (χ0) is 13.0. The number of carbonyl (C=O) groups is 3. The third-order valence-corrected chi connectivity index (χ3v) is 3.29. The van der Waals surface area contributed by atoms with Crippen LogP contribution in [0.15, 0.2) is 0 Å². The number of ether oxygens (including phenoxy) is 1. The molecule has 96 valence electrons. The molecule has 0 aromatic heterocycles. The molecule has 0 radical (unpaired) electrons. The van der Waals surface area contributed by atoms with Gasteiger partial charge in [-0.1, -0.05) is 0 Å². The van der Waals surface area contributed by atoms with Crippen molar-refractivity contribution in [2.24, 2.45) is 17.8 Å². The fourth-order valence-electron chi connectivity index (χ4n) is 2.32. The normalized spacial score (nSPS) is 28.2. The van der Waals surface area contributed by atoms with E-state index in [-0.39, 0.29) is 12.3 Å². The standard InChI is InChI=1S/C11H17NO5/c1-12-9(13)7-4-3-6(11(16)17-2)5-8(7)10(14)15/h6-8H,3-5H2,1-2H3,(H,12,13)(H,14,15). The number of aliphatic carboxylic acids is 1. The number of carboxylic acid groups (broad SMARTS) is 1. The first-order valence-electron chi connectivity index (χ1n) is 5.53. The van der Waals surface area contributed by atoms with E-state index < -0.39 is 29.7 Å². The highest BCUT2D eigenvalue weighted by Crippen LogP contribution is 2.34. The van der Waals surface area contributed by atoms with Crippen molar-refractivity contribution < 1.29 is 24.2 Å². The van der Waals surface area contributed by atoms with Gasteiger partial charge in [0, 0.05) is 7.05 Å². The van der Waals surface area contributed by atoms with Crippen molar-refractivity contribution in [3.63, 3.8) is 0 Å².